The standard InChI is InChI=1S/C11H8F2N4O2/c12-7-1-2-9(13)10(3-7)14-11(19)5-17-4-8(6-18)15-16-17/h1-4,6H,5H2,(H,14,19). The maximum atomic E-state index is 13.3. The van der Waals surface area contributed by atoms with Gasteiger partial charge in [0.15, 0.2) is 6.29 Å². The van der Waals surface area contributed by atoms with Crippen LogP contribution >= 0.6 is 0 Å². The molecule has 98 valence electrons. The smallest absolute Gasteiger partial charge is 0.246 e. The molecule has 0 aliphatic heterocycles. The fraction of sp³-hybridized carbons (Fsp3) is 0.0909. The molecular formula is C11H8F2N4O2. The predicted molar refractivity (Wildman–Crippen MR) is 60.4 cm³/mol. The molecule has 0 atom stereocenters. The molecule has 2 aromatic rings. The van der Waals surface area contributed by atoms with Crippen molar-refractivity contribution < 1.29 is 18.4 Å². The van der Waals surface area contributed by atoms with E-state index < -0.39 is 17.5 Å². The summed E-state index contributed by atoms with van der Waals surface area (Å²) in [6.07, 6.45) is 1.74. The van der Waals surface area contributed by atoms with E-state index in [1.54, 1.807) is 0 Å². The van der Waals surface area contributed by atoms with E-state index in [1.807, 2.05) is 0 Å². The Morgan fingerprint density at radius 3 is 2.89 bits per heavy atom. The number of aldehydes is 1. The summed E-state index contributed by atoms with van der Waals surface area (Å²) in [5.41, 5.74) is -0.189. The lowest BCUT2D eigenvalue weighted by Gasteiger charge is -2.06. The zero-order chi connectivity index (χ0) is 13.8. The summed E-state index contributed by atoms with van der Waals surface area (Å²) in [6, 6.07) is 2.72. The monoisotopic (exact) mass is 266 g/mol. The van der Waals surface area contributed by atoms with Crippen LogP contribution in [0.3, 0.4) is 0 Å². The van der Waals surface area contributed by atoms with Crippen molar-refractivity contribution in [2.75, 3.05) is 5.32 Å². The lowest BCUT2D eigenvalue weighted by Crippen LogP contribution is -2.19. The van der Waals surface area contributed by atoms with E-state index in [0.29, 0.717) is 6.29 Å². The topological polar surface area (TPSA) is 76.9 Å². The van der Waals surface area contributed by atoms with Crippen LogP contribution in [0.4, 0.5) is 14.5 Å². The van der Waals surface area contributed by atoms with Gasteiger partial charge in [-0.15, -0.1) is 5.10 Å². The molecule has 1 aromatic heterocycles. The number of carbonyl (C=O) groups is 2. The molecule has 2 rings (SSSR count). The number of halogens is 2. The van der Waals surface area contributed by atoms with Crippen LogP contribution in [-0.2, 0) is 11.3 Å². The van der Waals surface area contributed by atoms with E-state index in [1.165, 1.54) is 6.20 Å². The SMILES string of the molecule is O=Cc1cn(CC(=O)Nc2cc(F)ccc2F)nn1. The average Bonchev–Trinajstić information content (AvgIpc) is 2.81. The van der Waals surface area contributed by atoms with Crippen LogP contribution in [0, 0.1) is 11.6 Å². The number of amides is 1. The number of anilines is 1. The largest absolute Gasteiger partial charge is 0.322 e. The van der Waals surface area contributed by atoms with E-state index in [-0.39, 0.29) is 17.9 Å². The Kier molecular flexibility index (Phi) is 3.60. The summed E-state index contributed by atoms with van der Waals surface area (Å²) < 4.78 is 27.3. The van der Waals surface area contributed by atoms with Gasteiger partial charge in [-0.2, -0.15) is 0 Å². The van der Waals surface area contributed by atoms with Gasteiger partial charge >= 0.3 is 0 Å². The molecule has 19 heavy (non-hydrogen) atoms. The predicted octanol–water partition coefficient (Wildman–Crippen LogP) is 1.01. The van der Waals surface area contributed by atoms with Gasteiger partial charge < -0.3 is 5.32 Å². The molecule has 0 spiro atoms. The highest BCUT2D eigenvalue weighted by Gasteiger charge is 2.10. The summed E-state index contributed by atoms with van der Waals surface area (Å²) in [4.78, 5) is 21.9. The second-order valence-corrected chi connectivity index (χ2v) is 3.63. The van der Waals surface area contributed by atoms with Gasteiger partial charge in [-0.25, -0.2) is 13.5 Å². The Balaban J connectivity index is 2.04. The molecule has 0 bridgehead atoms. The second kappa shape index (κ2) is 5.34. The van der Waals surface area contributed by atoms with Crippen molar-refractivity contribution in [3.8, 4) is 0 Å². The molecule has 0 aliphatic rings. The maximum Gasteiger partial charge on any atom is 0.246 e. The van der Waals surface area contributed by atoms with Crippen molar-refractivity contribution in [1.82, 2.24) is 15.0 Å². The number of carbonyl (C=O) groups excluding carboxylic acids is 2. The molecule has 1 heterocycles. The second-order valence-electron chi connectivity index (χ2n) is 3.63. The minimum absolute atomic E-state index is 0.0738. The number of aromatic nitrogens is 3. The van der Waals surface area contributed by atoms with Crippen LogP contribution in [0.1, 0.15) is 10.5 Å². The van der Waals surface area contributed by atoms with E-state index in [2.05, 4.69) is 15.6 Å². The quantitative estimate of drug-likeness (QED) is 0.838. The first-order valence-corrected chi connectivity index (χ1v) is 5.18. The summed E-state index contributed by atoms with van der Waals surface area (Å²) >= 11 is 0. The summed E-state index contributed by atoms with van der Waals surface area (Å²) in [5, 5.41) is 9.17. The van der Waals surface area contributed by atoms with Gasteiger partial charge in [0, 0.05) is 6.07 Å². The molecule has 1 amide bonds. The molecule has 0 unspecified atom stereocenters. The molecule has 1 N–H and O–H groups in total. The highest BCUT2D eigenvalue weighted by molar-refractivity contribution is 5.90. The minimum Gasteiger partial charge on any atom is -0.322 e. The third-order valence-electron chi connectivity index (χ3n) is 2.19. The van der Waals surface area contributed by atoms with Gasteiger partial charge in [-0.1, -0.05) is 5.21 Å². The first kappa shape index (κ1) is 12.8. The highest BCUT2D eigenvalue weighted by atomic mass is 19.1. The van der Waals surface area contributed by atoms with Crippen LogP contribution in [-0.4, -0.2) is 27.2 Å². The normalized spacial score (nSPS) is 10.2. The van der Waals surface area contributed by atoms with E-state index in [0.717, 1.165) is 22.9 Å². The zero-order valence-electron chi connectivity index (χ0n) is 9.51. The van der Waals surface area contributed by atoms with Crippen molar-refractivity contribution >= 4 is 17.9 Å². The van der Waals surface area contributed by atoms with E-state index in [4.69, 9.17) is 0 Å². The number of nitrogens with zero attached hydrogens (tertiary/aromatic N) is 3. The number of benzene rings is 1. The zero-order valence-corrected chi connectivity index (χ0v) is 9.51. The Morgan fingerprint density at radius 2 is 2.21 bits per heavy atom. The molecule has 8 heteroatoms. The molecule has 1 aromatic carbocycles. The Bertz CT molecular complexity index is 627. The number of hydrogen-bond donors (Lipinski definition) is 1. The van der Waals surface area contributed by atoms with Crippen molar-refractivity contribution in [2.45, 2.75) is 6.54 Å². The molecule has 0 saturated heterocycles. The van der Waals surface area contributed by atoms with Gasteiger partial charge in [-0.05, 0) is 12.1 Å². The summed E-state index contributed by atoms with van der Waals surface area (Å²) in [7, 11) is 0. The maximum absolute atomic E-state index is 13.3. The molecular weight excluding hydrogens is 258 g/mol. The molecule has 6 nitrogen and oxygen atoms in total. The van der Waals surface area contributed by atoms with E-state index in [9.17, 15) is 18.4 Å². The minimum atomic E-state index is -0.748. The Morgan fingerprint density at radius 1 is 1.42 bits per heavy atom. The van der Waals surface area contributed by atoms with Gasteiger partial charge in [0.1, 0.15) is 23.9 Å². The Labute approximate surface area is 106 Å². The lowest BCUT2D eigenvalue weighted by molar-refractivity contribution is -0.117. The van der Waals surface area contributed by atoms with Crippen LogP contribution in [0.25, 0.3) is 0 Å². The molecule has 0 saturated carbocycles. The number of nitrogens with one attached hydrogen (secondary N) is 1. The fourth-order valence-electron chi connectivity index (χ4n) is 1.37. The fourth-order valence-corrected chi connectivity index (χ4v) is 1.37. The lowest BCUT2D eigenvalue weighted by atomic mass is 10.3. The summed E-state index contributed by atoms with van der Waals surface area (Å²) in [6.45, 7) is -0.267. The van der Waals surface area contributed by atoms with Gasteiger partial charge in [0.2, 0.25) is 5.91 Å². The first-order chi connectivity index (χ1) is 9.08. The van der Waals surface area contributed by atoms with Crippen LogP contribution in [0.2, 0.25) is 0 Å². The van der Waals surface area contributed by atoms with E-state index >= 15 is 0 Å². The van der Waals surface area contributed by atoms with Crippen LogP contribution < -0.4 is 5.32 Å². The molecule has 0 radical (unpaired) electrons. The Hall–Kier alpha value is -2.64. The number of hydrogen-bond acceptors (Lipinski definition) is 4. The van der Waals surface area contributed by atoms with Crippen molar-refractivity contribution in [2.24, 2.45) is 0 Å². The van der Waals surface area contributed by atoms with Gasteiger partial charge in [0.25, 0.3) is 0 Å². The molecule has 0 aliphatic carbocycles. The van der Waals surface area contributed by atoms with Gasteiger partial charge in [-0.3, -0.25) is 9.59 Å². The van der Waals surface area contributed by atoms with Crippen LogP contribution in [0.15, 0.2) is 24.4 Å². The van der Waals surface area contributed by atoms with Crippen molar-refractivity contribution in [3.63, 3.8) is 0 Å². The van der Waals surface area contributed by atoms with Crippen molar-refractivity contribution in [1.29, 1.82) is 0 Å². The first-order valence-electron chi connectivity index (χ1n) is 5.18. The third kappa shape index (κ3) is 3.18. The average molecular weight is 266 g/mol. The van der Waals surface area contributed by atoms with Crippen LogP contribution in [0.5, 0.6) is 0 Å². The highest BCUT2D eigenvalue weighted by Crippen LogP contribution is 2.15. The number of rotatable bonds is 4. The molecule has 0 fully saturated rings. The van der Waals surface area contributed by atoms with Crippen molar-refractivity contribution in [3.05, 3.63) is 41.7 Å². The third-order valence-corrected chi connectivity index (χ3v) is 2.19. The van der Waals surface area contributed by atoms with Gasteiger partial charge in [0.05, 0.1) is 11.9 Å². The summed E-state index contributed by atoms with van der Waals surface area (Å²) in [5.74, 6) is -2.03.